The topological polar surface area (TPSA) is 130 Å². The summed E-state index contributed by atoms with van der Waals surface area (Å²) in [4.78, 5) is 22.2. The van der Waals surface area contributed by atoms with E-state index in [0.717, 1.165) is 0 Å². The number of hydrogen-bond acceptors (Lipinski definition) is 7. The zero-order chi connectivity index (χ0) is 14.3. The van der Waals surface area contributed by atoms with E-state index < -0.39 is 34.4 Å². The molecule has 0 saturated carbocycles. The van der Waals surface area contributed by atoms with Gasteiger partial charge in [-0.1, -0.05) is 13.8 Å². The van der Waals surface area contributed by atoms with Crippen molar-refractivity contribution in [1.82, 2.24) is 5.32 Å². The van der Waals surface area contributed by atoms with E-state index in [4.69, 9.17) is 5.11 Å². The zero-order valence-corrected chi connectivity index (χ0v) is 11.0. The molecule has 0 saturated heterocycles. The van der Waals surface area contributed by atoms with Gasteiger partial charge in [0.05, 0.1) is 13.0 Å². The third-order valence-corrected chi connectivity index (χ3v) is 2.55. The molecule has 0 bridgehead atoms. The highest BCUT2D eigenvalue weighted by molar-refractivity contribution is 7.67. The molecule has 0 spiro atoms. The summed E-state index contributed by atoms with van der Waals surface area (Å²) < 4.78 is 23.9. The Labute approximate surface area is 106 Å². The Morgan fingerprint density at radius 1 is 1.39 bits per heavy atom. The van der Waals surface area contributed by atoms with Crippen molar-refractivity contribution in [3.05, 3.63) is 0 Å². The van der Waals surface area contributed by atoms with Crippen LogP contribution in [0.1, 0.15) is 20.3 Å². The van der Waals surface area contributed by atoms with Crippen molar-refractivity contribution in [2.75, 3.05) is 13.2 Å². The van der Waals surface area contributed by atoms with Gasteiger partial charge in [-0.2, -0.15) is 8.42 Å². The van der Waals surface area contributed by atoms with Crippen LogP contribution in [0.5, 0.6) is 0 Å². The fourth-order valence-electron chi connectivity index (χ4n) is 0.955. The van der Waals surface area contributed by atoms with Gasteiger partial charge in [0.15, 0.2) is 0 Å². The molecule has 3 N–H and O–H groups in total. The van der Waals surface area contributed by atoms with Crippen molar-refractivity contribution >= 4 is 22.9 Å². The summed E-state index contributed by atoms with van der Waals surface area (Å²) in [6.45, 7) is 2.43. The molecule has 0 rings (SSSR count). The van der Waals surface area contributed by atoms with Crippen LogP contribution in [0, 0.1) is 5.41 Å². The first-order valence-electron chi connectivity index (χ1n) is 5.12. The van der Waals surface area contributed by atoms with Crippen LogP contribution >= 0.6 is 0 Å². The number of hydrogen-bond donors (Lipinski definition) is 4. The van der Waals surface area contributed by atoms with Gasteiger partial charge in [-0.25, -0.2) is 0 Å². The van der Waals surface area contributed by atoms with Gasteiger partial charge in [0, 0.05) is 12.0 Å². The number of amides is 1. The van der Waals surface area contributed by atoms with Gasteiger partial charge in [0.1, 0.15) is 6.10 Å². The number of carbonyl (C=O) groups excluding carboxylic acids is 2. The van der Waals surface area contributed by atoms with Crippen LogP contribution in [-0.4, -0.2) is 49.8 Å². The molecule has 9 heteroatoms. The summed E-state index contributed by atoms with van der Waals surface area (Å²) in [6.07, 6.45) is -1.77. The Kier molecular flexibility index (Phi) is 6.81. The zero-order valence-electron chi connectivity index (χ0n) is 10.1. The van der Waals surface area contributed by atoms with E-state index in [0.29, 0.717) is 0 Å². The van der Waals surface area contributed by atoms with E-state index in [-0.39, 0.29) is 19.6 Å². The summed E-state index contributed by atoms with van der Waals surface area (Å²) in [6, 6.07) is 0. The summed E-state index contributed by atoms with van der Waals surface area (Å²) in [5, 5.41) is 20.7. The molecular formula is C9H17NO7S. The van der Waals surface area contributed by atoms with Crippen LogP contribution in [0.3, 0.4) is 0 Å². The molecule has 0 aliphatic heterocycles. The van der Waals surface area contributed by atoms with Gasteiger partial charge in [-0.05, 0) is 0 Å². The standard InChI is InChI=1S/C9H17NO7S/c1-9(2,5-11)7(13)8(14)10-4-3-6(12)17-18(15)16/h7,11,13,18H,3-5H2,1-2H3,(H,10,14)/t7-/m0/s1. The van der Waals surface area contributed by atoms with E-state index in [1.165, 1.54) is 13.8 Å². The fraction of sp³-hybridized carbons (Fsp3) is 0.778. The first-order valence-corrected chi connectivity index (χ1v) is 6.22. The van der Waals surface area contributed by atoms with E-state index in [2.05, 4.69) is 9.50 Å². The minimum atomic E-state index is -3.25. The summed E-state index contributed by atoms with van der Waals surface area (Å²) in [5.74, 6) is -1.75. The van der Waals surface area contributed by atoms with E-state index in [1.54, 1.807) is 0 Å². The predicted molar refractivity (Wildman–Crippen MR) is 60.9 cm³/mol. The maximum absolute atomic E-state index is 11.4. The molecule has 0 aromatic carbocycles. The molecule has 0 aromatic heterocycles. The third kappa shape index (κ3) is 5.94. The average molecular weight is 283 g/mol. The van der Waals surface area contributed by atoms with E-state index in [9.17, 15) is 23.1 Å². The van der Waals surface area contributed by atoms with Gasteiger partial charge in [0.25, 0.3) is 0 Å². The highest BCUT2D eigenvalue weighted by Crippen LogP contribution is 2.19. The van der Waals surface area contributed by atoms with Gasteiger partial charge in [-0.3, -0.25) is 9.59 Å². The molecule has 0 radical (unpaired) electrons. The quantitative estimate of drug-likeness (QED) is 0.395. The second-order valence-electron chi connectivity index (χ2n) is 4.28. The summed E-state index contributed by atoms with van der Waals surface area (Å²) >= 11 is 0. The lowest BCUT2D eigenvalue weighted by molar-refractivity contribution is -0.137. The predicted octanol–water partition coefficient (Wildman–Crippen LogP) is -2.06. The second kappa shape index (κ2) is 7.29. The average Bonchev–Trinajstić information content (AvgIpc) is 2.26. The van der Waals surface area contributed by atoms with Gasteiger partial charge >= 0.3 is 17.0 Å². The molecule has 0 aliphatic carbocycles. The number of thiol groups is 1. The van der Waals surface area contributed by atoms with Crippen molar-refractivity contribution in [3.8, 4) is 0 Å². The number of carbonyl (C=O) groups is 2. The minimum Gasteiger partial charge on any atom is -0.396 e. The number of aliphatic hydroxyl groups is 2. The molecule has 0 aliphatic rings. The third-order valence-electron chi connectivity index (χ3n) is 2.20. The Balaban J connectivity index is 4.08. The van der Waals surface area contributed by atoms with Crippen LogP contribution in [0.25, 0.3) is 0 Å². The number of aliphatic hydroxyl groups excluding tert-OH is 2. The second-order valence-corrected chi connectivity index (χ2v) is 4.91. The monoisotopic (exact) mass is 283 g/mol. The minimum absolute atomic E-state index is 0.167. The van der Waals surface area contributed by atoms with Crippen molar-refractivity contribution in [1.29, 1.82) is 0 Å². The Bertz CT molecular complexity index is 369. The molecular weight excluding hydrogens is 266 g/mol. The highest BCUT2D eigenvalue weighted by Gasteiger charge is 2.32. The largest absolute Gasteiger partial charge is 0.396 e. The van der Waals surface area contributed by atoms with Crippen LogP contribution in [0.15, 0.2) is 0 Å². The first-order chi connectivity index (χ1) is 8.20. The van der Waals surface area contributed by atoms with Crippen LogP contribution < -0.4 is 5.32 Å². The lowest BCUT2D eigenvalue weighted by Crippen LogP contribution is -2.46. The van der Waals surface area contributed by atoms with E-state index >= 15 is 0 Å². The van der Waals surface area contributed by atoms with Crippen molar-refractivity contribution in [3.63, 3.8) is 0 Å². The number of rotatable bonds is 7. The molecule has 8 nitrogen and oxygen atoms in total. The smallest absolute Gasteiger partial charge is 0.323 e. The Morgan fingerprint density at radius 3 is 2.39 bits per heavy atom. The lowest BCUT2D eigenvalue weighted by atomic mass is 9.87. The first kappa shape index (κ1) is 16.8. The van der Waals surface area contributed by atoms with Crippen molar-refractivity contribution in [2.24, 2.45) is 5.41 Å². The molecule has 1 atom stereocenters. The van der Waals surface area contributed by atoms with Crippen LogP contribution in [0.4, 0.5) is 0 Å². The normalized spacial score (nSPS) is 13.2. The maximum atomic E-state index is 11.4. The molecule has 0 aromatic rings. The van der Waals surface area contributed by atoms with Crippen molar-refractivity contribution < 1.29 is 32.4 Å². The SMILES string of the molecule is CC(C)(CO)[C@@H](O)C(=O)NCCC(=O)O[SH](=O)=O. The van der Waals surface area contributed by atoms with Crippen LogP contribution in [-0.2, 0) is 24.8 Å². The van der Waals surface area contributed by atoms with Gasteiger partial charge in [-0.15, -0.1) is 0 Å². The fourth-order valence-corrected chi connectivity index (χ4v) is 1.21. The molecule has 18 heavy (non-hydrogen) atoms. The Morgan fingerprint density at radius 2 is 1.94 bits per heavy atom. The molecule has 0 fully saturated rings. The van der Waals surface area contributed by atoms with Crippen LogP contribution in [0.2, 0.25) is 0 Å². The number of nitrogens with one attached hydrogen (secondary N) is 1. The lowest BCUT2D eigenvalue weighted by Gasteiger charge is -2.26. The molecule has 0 unspecified atom stereocenters. The highest BCUT2D eigenvalue weighted by atomic mass is 32.2. The Hall–Kier alpha value is -1.19. The maximum Gasteiger partial charge on any atom is 0.323 e. The van der Waals surface area contributed by atoms with E-state index in [1.807, 2.05) is 0 Å². The van der Waals surface area contributed by atoms with Gasteiger partial charge in [0.2, 0.25) is 5.91 Å². The van der Waals surface area contributed by atoms with Gasteiger partial charge < -0.3 is 19.7 Å². The molecule has 1 amide bonds. The van der Waals surface area contributed by atoms with Crippen molar-refractivity contribution in [2.45, 2.75) is 26.4 Å². The summed E-state index contributed by atoms with van der Waals surface area (Å²) in [7, 11) is -3.25. The molecule has 0 heterocycles. The summed E-state index contributed by atoms with van der Waals surface area (Å²) in [5.41, 5.74) is -1.01. The molecule has 106 valence electrons.